The van der Waals surface area contributed by atoms with Gasteiger partial charge in [0.05, 0.1) is 10.6 Å². The van der Waals surface area contributed by atoms with Crippen LogP contribution in [0.4, 0.5) is 0 Å². The number of hydrogen-bond acceptors (Lipinski definition) is 3. The maximum atomic E-state index is 9.99. The van der Waals surface area contributed by atoms with Crippen molar-refractivity contribution in [3.05, 3.63) is 27.7 Å². The lowest BCUT2D eigenvalue weighted by Gasteiger charge is -2.39. The maximum absolute atomic E-state index is 9.99. The van der Waals surface area contributed by atoms with Crippen molar-refractivity contribution >= 4 is 23.2 Å². The van der Waals surface area contributed by atoms with Gasteiger partial charge in [0.1, 0.15) is 5.75 Å². The number of rotatable bonds is 3. The van der Waals surface area contributed by atoms with Crippen LogP contribution in [0.2, 0.25) is 10.0 Å². The number of ether oxygens (including phenoxy) is 1. The number of likely N-dealkylation sites (tertiary alicyclic amines) is 1. The molecule has 5 heteroatoms. The van der Waals surface area contributed by atoms with Crippen LogP contribution in [-0.2, 0) is 11.3 Å². The summed E-state index contributed by atoms with van der Waals surface area (Å²) in [5.74, 6) is 0.121. The van der Waals surface area contributed by atoms with Crippen LogP contribution < -0.4 is 0 Å². The van der Waals surface area contributed by atoms with E-state index in [0.717, 1.165) is 31.5 Å². The average Bonchev–Trinajstić information content (AvgIpc) is 2.35. The first-order valence-electron chi connectivity index (χ1n) is 6.38. The molecule has 0 bridgehead atoms. The van der Waals surface area contributed by atoms with E-state index in [4.69, 9.17) is 27.9 Å². The fourth-order valence-electron chi connectivity index (χ4n) is 2.59. The molecule has 1 N–H and O–H groups in total. The molecule has 0 saturated carbocycles. The van der Waals surface area contributed by atoms with E-state index in [-0.39, 0.29) is 11.4 Å². The second-order valence-corrected chi connectivity index (χ2v) is 6.21. The number of methoxy groups -OCH3 is 1. The summed E-state index contributed by atoms with van der Waals surface area (Å²) in [5.41, 5.74) is 0.647. The summed E-state index contributed by atoms with van der Waals surface area (Å²) in [7, 11) is 1.75. The van der Waals surface area contributed by atoms with Gasteiger partial charge in [-0.05, 0) is 38.4 Å². The summed E-state index contributed by atoms with van der Waals surface area (Å²) in [5, 5.41) is 10.8. The monoisotopic (exact) mass is 303 g/mol. The Kier molecular flexibility index (Phi) is 4.62. The van der Waals surface area contributed by atoms with Crippen LogP contribution >= 0.6 is 23.2 Å². The van der Waals surface area contributed by atoms with E-state index in [0.29, 0.717) is 16.6 Å². The van der Waals surface area contributed by atoms with Gasteiger partial charge in [-0.15, -0.1) is 0 Å². The minimum absolute atomic E-state index is 0.115. The quantitative estimate of drug-likeness (QED) is 0.924. The van der Waals surface area contributed by atoms with Gasteiger partial charge in [0.25, 0.3) is 0 Å². The summed E-state index contributed by atoms with van der Waals surface area (Å²) < 4.78 is 5.57. The van der Waals surface area contributed by atoms with Crippen molar-refractivity contribution in [2.24, 2.45) is 0 Å². The number of benzene rings is 1. The van der Waals surface area contributed by atoms with Gasteiger partial charge >= 0.3 is 0 Å². The Labute approximate surface area is 124 Å². The number of nitrogens with zero attached hydrogens (tertiary/aromatic N) is 1. The number of phenolic OH excluding ortho intramolecular Hbond substituents is 1. The van der Waals surface area contributed by atoms with Crippen LogP contribution in [0, 0.1) is 0 Å². The Hall–Kier alpha value is -0.480. The van der Waals surface area contributed by atoms with Crippen LogP contribution in [-0.4, -0.2) is 35.8 Å². The average molecular weight is 304 g/mol. The number of phenols is 1. The molecule has 1 saturated heterocycles. The normalized spacial score (nSPS) is 24.6. The molecule has 0 aromatic heterocycles. The summed E-state index contributed by atoms with van der Waals surface area (Å²) >= 11 is 11.9. The van der Waals surface area contributed by atoms with E-state index in [2.05, 4.69) is 11.8 Å². The lowest BCUT2D eigenvalue weighted by Crippen LogP contribution is -2.46. The largest absolute Gasteiger partial charge is 0.506 e. The zero-order chi connectivity index (χ0) is 14.0. The van der Waals surface area contributed by atoms with E-state index >= 15 is 0 Å². The fourth-order valence-corrected chi connectivity index (χ4v) is 3.13. The Bertz CT molecular complexity index is 467. The molecule has 1 aliphatic rings. The number of hydrogen-bond donors (Lipinski definition) is 1. The molecule has 1 aliphatic heterocycles. The van der Waals surface area contributed by atoms with E-state index in [1.165, 1.54) is 0 Å². The third-order valence-corrected chi connectivity index (χ3v) is 4.24. The van der Waals surface area contributed by atoms with Crippen LogP contribution in [0.1, 0.15) is 25.3 Å². The highest BCUT2D eigenvalue weighted by Gasteiger charge is 2.31. The second kappa shape index (κ2) is 5.88. The minimum Gasteiger partial charge on any atom is -0.506 e. The number of aromatic hydroxyl groups is 1. The summed E-state index contributed by atoms with van der Waals surface area (Å²) in [6.45, 7) is 4.57. The lowest BCUT2D eigenvalue weighted by molar-refractivity contribution is -0.0528. The SMILES string of the molecule is COC1(C)CCCN(Cc2cc(Cl)cc(Cl)c2O)C1. The summed E-state index contributed by atoms with van der Waals surface area (Å²) in [6.07, 6.45) is 2.14. The molecular weight excluding hydrogens is 285 g/mol. The molecular formula is C14H19Cl2NO2. The van der Waals surface area contributed by atoms with Gasteiger partial charge < -0.3 is 9.84 Å². The van der Waals surface area contributed by atoms with Gasteiger partial charge in [-0.2, -0.15) is 0 Å². The smallest absolute Gasteiger partial charge is 0.138 e. The van der Waals surface area contributed by atoms with Crippen molar-refractivity contribution in [2.75, 3.05) is 20.2 Å². The van der Waals surface area contributed by atoms with E-state index in [1.807, 2.05) is 0 Å². The van der Waals surface area contributed by atoms with E-state index in [1.54, 1.807) is 19.2 Å². The van der Waals surface area contributed by atoms with Crippen molar-refractivity contribution in [3.63, 3.8) is 0 Å². The highest BCUT2D eigenvalue weighted by atomic mass is 35.5. The van der Waals surface area contributed by atoms with Crippen molar-refractivity contribution in [1.29, 1.82) is 0 Å². The highest BCUT2D eigenvalue weighted by molar-refractivity contribution is 6.35. The summed E-state index contributed by atoms with van der Waals surface area (Å²) in [4.78, 5) is 2.26. The molecule has 3 nitrogen and oxygen atoms in total. The lowest BCUT2D eigenvalue weighted by atomic mass is 9.94. The van der Waals surface area contributed by atoms with Crippen LogP contribution in [0.3, 0.4) is 0 Å². The Morgan fingerprint density at radius 2 is 2.16 bits per heavy atom. The Morgan fingerprint density at radius 3 is 2.84 bits per heavy atom. The van der Waals surface area contributed by atoms with Gasteiger partial charge in [0.2, 0.25) is 0 Å². The molecule has 0 spiro atoms. The number of halogens is 2. The maximum Gasteiger partial charge on any atom is 0.138 e. The minimum atomic E-state index is -0.115. The van der Waals surface area contributed by atoms with Gasteiger partial charge in [-0.25, -0.2) is 0 Å². The molecule has 1 aromatic rings. The molecule has 0 amide bonds. The van der Waals surface area contributed by atoms with Gasteiger partial charge in [0, 0.05) is 30.8 Å². The Balaban J connectivity index is 2.13. The van der Waals surface area contributed by atoms with Crippen LogP contribution in [0.5, 0.6) is 5.75 Å². The van der Waals surface area contributed by atoms with E-state index < -0.39 is 0 Å². The van der Waals surface area contributed by atoms with Crippen molar-refractivity contribution in [3.8, 4) is 5.75 Å². The molecule has 0 aliphatic carbocycles. The first-order valence-corrected chi connectivity index (χ1v) is 7.13. The molecule has 0 radical (unpaired) electrons. The van der Waals surface area contributed by atoms with Gasteiger partial charge in [-0.1, -0.05) is 23.2 Å². The predicted molar refractivity (Wildman–Crippen MR) is 78.1 cm³/mol. The molecule has 2 rings (SSSR count). The molecule has 1 aromatic carbocycles. The molecule has 1 unspecified atom stereocenters. The predicted octanol–water partition coefficient (Wildman–Crippen LogP) is 3.70. The first-order chi connectivity index (χ1) is 8.93. The van der Waals surface area contributed by atoms with Crippen LogP contribution in [0.15, 0.2) is 12.1 Å². The first kappa shape index (κ1) is 14.9. The molecule has 106 valence electrons. The zero-order valence-electron chi connectivity index (χ0n) is 11.2. The van der Waals surface area contributed by atoms with Gasteiger partial charge in [-0.3, -0.25) is 4.90 Å². The van der Waals surface area contributed by atoms with Crippen molar-refractivity contribution < 1.29 is 9.84 Å². The Morgan fingerprint density at radius 1 is 1.42 bits per heavy atom. The number of piperidine rings is 1. The highest BCUT2D eigenvalue weighted by Crippen LogP contribution is 2.33. The second-order valence-electron chi connectivity index (χ2n) is 5.36. The van der Waals surface area contributed by atoms with Crippen molar-refractivity contribution in [1.82, 2.24) is 4.90 Å². The molecule has 1 atom stereocenters. The summed E-state index contributed by atoms with van der Waals surface area (Å²) in [6, 6.07) is 3.32. The topological polar surface area (TPSA) is 32.7 Å². The van der Waals surface area contributed by atoms with Crippen LogP contribution in [0.25, 0.3) is 0 Å². The zero-order valence-corrected chi connectivity index (χ0v) is 12.8. The van der Waals surface area contributed by atoms with Crippen molar-refractivity contribution in [2.45, 2.75) is 31.9 Å². The van der Waals surface area contributed by atoms with E-state index in [9.17, 15) is 5.11 Å². The molecule has 19 heavy (non-hydrogen) atoms. The molecule has 1 fully saturated rings. The third kappa shape index (κ3) is 3.54. The molecule has 1 heterocycles. The standard InChI is InChI=1S/C14H19Cl2NO2/c1-14(19-2)4-3-5-17(9-14)8-10-6-11(15)7-12(16)13(10)18/h6-7,18H,3-5,8-9H2,1-2H3. The van der Waals surface area contributed by atoms with Gasteiger partial charge in [0.15, 0.2) is 0 Å². The third-order valence-electron chi connectivity index (χ3n) is 3.73. The fraction of sp³-hybridized carbons (Fsp3) is 0.571.